The summed E-state index contributed by atoms with van der Waals surface area (Å²) in [5.41, 5.74) is 0.468. The van der Waals surface area contributed by atoms with E-state index >= 15 is 0 Å². The standard InChI is InChI=1S/C14H10F3N3O2/c15-14(16,17)13-4-11(21)10-3-9(1-2-12(10)22-13)20-7-8(5-18)6-19/h1-3,7,11,13,20-21H,4H2. The molecule has 1 aliphatic rings. The summed E-state index contributed by atoms with van der Waals surface area (Å²) in [5, 5.41) is 29.7. The van der Waals surface area contributed by atoms with Crippen molar-refractivity contribution < 1.29 is 23.0 Å². The van der Waals surface area contributed by atoms with Crippen LogP contribution in [0.5, 0.6) is 5.75 Å². The Morgan fingerprint density at radius 3 is 2.64 bits per heavy atom. The highest BCUT2D eigenvalue weighted by Gasteiger charge is 2.45. The summed E-state index contributed by atoms with van der Waals surface area (Å²) in [4.78, 5) is 0. The molecule has 0 aliphatic carbocycles. The first-order valence-corrected chi connectivity index (χ1v) is 6.17. The molecule has 1 aromatic carbocycles. The number of hydrogen-bond donors (Lipinski definition) is 2. The minimum atomic E-state index is -4.55. The van der Waals surface area contributed by atoms with Crippen LogP contribution in [0.1, 0.15) is 18.1 Å². The fourth-order valence-electron chi connectivity index (χ4n) is 1.98. The third-order valence-electron chi connectivity index (χ3n) is 3.06. The molecule has 0 radical (unpaired) electrons. The quantitative estimate of drug-likeness (QED) is 0.820. The van der Waals surface area contributed by atoms with Gasteiger partial charge < -0.3 is 15.2 Å². The van der Waals surface area contributed by atoms with E-state index in [0.717, 1.165) is 6.20 Å². The van der Waals surface area contributed by atoms with Crippen molar-refractivity contribution in [2.24, 2.45) is 0 Å². The van der Waals surface area contributed by atoms with Gasteiger partial charge in [0.25, 0.3) is 0 Å². The number of anilines is 1. The highest BCUT2D eigenvalue weighted by molar-refractivity contribution is 5.55. The Bertz CT molecular complexity index is 670. The number of rotatable bonds is 2. The van der Waals surface area contributed by atoms with Gasteiger partial charge in [0.15, 0.2) is 6.10 Å². The van der Waals surface area contributed by atoms with Gasteiger partial charge in [-0.15, -0.1) is 0 Å². The molecule has 114 valence electrons. The lowest BCUT2D eigenvalue weighted by Gasteiger charge is -2.31. The third-order valence-corrected chi connectivity index (χ3v) is 3.06. The van der Waals surface area contributed by atoms with Crippen molar-refractivity contribution in [1.82, 2.24) is 0 Å². The van der Waals surface area contributed by atoms with Crippen LogP contribution in [0.15, 0.2) is 30.0 Å². The number of aliphatic hydroxyl groups excluding tert-OH is 1. The van der Waals surface area contributed by atoms with Gasteiger partial charge in [0, 0.05) is 23.9 Å². The lowest BCUT2D eigenvalue weighted by atomic mass is 9.98. The van der Waals surface area contributed by atoms with Crippen LogP contribution in [0.25, 0.3) is 0 Å². The summed E-state index contributed by atoms with van der Waals surface area (Å²) in [6, 6.07) is 7.44. The number of nitrogens with zero attached hydrogens (tertiary/aromatic N) is 2. The molecule has 1 aromatic rings. The van der Waals surface area contributed by atoms with Crippen LogP contribution in [0, 0.1) is 22.7 Å². The Balaban J connectivity index is 2.23. The Morgan fingerprint density at radius 2 is 2.05 bits per heavy atom. The zero-order valence-electron chi connectivity index (χ0n) is 11.1. The zero-order valence-corrected chi connectivity index (χ0v) is 11.1. The molecular weight excluding hydrogens is 299 g/mol. The lowest BCUT2D eigenvalue weighted by Crippen LogP contribution is -2.38. The summed E-state index contributed by atoms with van der Waals surface area (Å²) in [5.74, 6) is -0.0450. The van der Waals surface area contributed by atoms with E-state index in [9.17, 15) is 18.3 Å². The number of halogens is 3. The molecule has 0 spiro atoms. The second-order valence-corrected chi connectivity index (χ2v) is 4.58. The molecule has 2 unspecified atom stereocenters. The maximum absolute atomic E-state index is 12.7. The number of nitrogens with one attached hydrogen (secondary N) is 1. The predicted octanol–water partition coefficient (Wildman–Crippen LogP) is 2.78. The highest BCUT2D eigenvalue weighted by Crippen LogP contribution is 2.41. The van der Waals surface area contributed by atoms with E-state index in [1.807, 2.05) is 0 Å². The summed E-state index contributed by atoms with van der Waals surface area (Å²) in [6.07, 6.45) is -7.33. The Hall–Kier alpha value is -2.71. The fraction of sp³-hybridized carbons (Fsp3) is 0.286. The van der Waals surface area contributed by atoms with Gasteiger partial charge >= 0.3 is 6.18 Å². The van der Waals surface area contributed by atoms with E-state index in [2.05, 4.69) is 5.32 Å². The van der Waals surface area contributed by atoms with Gasteiger partial charge in [-0.2, -0.15) is 23.7 Å². The van der Waals surface area contributed by atoms with E-state index < -0.39 is 24.8 Å². The second-order valence-electron chi connectivity index (χ2n) is 4.58. The van der Waals surface area contributed by atoms with Gasteiger partial charge in [-0.05, 0) is 18.2 Å². The monoisotopic (exact) mass is 309 g/mol. The smallest absolute Gasteiger partial charge is 0.425 e. The SMILES string of the molecule is N#CC(C#N)=CNc1ccc2c(c1)C(O)CC(C(F)(F)F)O2. The summed E-state index contributed by atoms with van der Waals surface area (Å²) < 4.78 is 42.8. The molecule has 22 heavy (non-hydrogen) atoms. The van der Waals surface area contributed by atoms with Crippen molar-refractivity contribution >= 4 is 5.69 Å². The van der Waals surface area contributed by atoms with Crippen molar-refractivity contribution in [3.8, 4) is 17.9 Å². The summed E-state index contributed by atoms with van der Waals surface area (Å²) >= 11 is 0. The van der Waals surface area contributed by atoms with Crippen molar-refractivity contribution in [2.45, 2.75) is 24.8 Å². The van der Waals surface area contributed by atoms with Gasteiger partial charge in [-0.3, -0.25) is 0 Å². The molecule has 1 aliphatic heterocycles. The maximum atomic E-state index is 12.7. The molecule has 8 heteroatoms. The highest BCUT2D eigenvalue weighted by atomic mass is 19.4. The Kier molecular flexibility index (Phi) is 4.25. The van der Waals surface area contributed by atoms with Crippen LogP contribution >= 0.6 is 0 Å². The second kappa shape index (κ2) is 5.96. The van der Waals surface area contributed by atoms with Crippen LogP contribution in [0.4, 0.5) is 18.9 Å². The number of allylic oxidation sites excluding steroid dienone is 1. The number of fused-ring (bicyclic) bond motifs is 1. The molecule has 0 aromatic heterocycles. The van der Waals surface area contributed by atoms with Gasteiger partial charge in [0.05, 0.1) is 6.10 Å². The summed E-state index contributed by atoms with van der Waals surface area (Å²) in [6.45, 7) is 0. The van der Waals surface area contributed by atoms with Crippen molar-refractivity contribution in [2.75, 3.05) is 5.32 Å². The zero-order chi connectivity index (χ0) is 16.3. The molecule has 2 rings (SSSR count). The normalized spacial score (nSPS) is 19.9. The minimum Gasteiger partial charge on any atom is -0.480 e. The van der Waals surface area contributed by atoms with Crippen LogP contribution in [0.2, 0.25) is 0 Å². The fourth-order valence-corrected chi connectivity index (χ4v) is 1.98. The molecule has 0 saturated carbocycles. The van der Waals surface area contributed by atoms with Crippen LogP contribution in [-0.2, 0) is 0 Å². The molecule has 0 saturated heterocycles. The first kappa shape index (κ1) is 15.7. The molecule has 1 heterocycles. The molecule has 2 N–H and O–H groups in total. The van der Waals surface area contributed by atoms with Crippen LogP contribution in [0.3, 0.4) is 0 Å². The molecule has 0 bridgehead atoms. The maximum Gasteiger partial charge on any atom is 0.425 e. The van der Waals surface area contributed by atoms with E-state index in [1.54, 1.807) is 12.1 Å². The van der Waals surface area contributed by atoms with E-state index in [-0.39, 0.29) is 16.9 Å². The first-order chi connectivity index (χ1) is 10.3. The minimum absolute atomic E-state index is 0.0450. The first-order valence-electron chi connectivity index (χ1n) is 6.17. The van der Waals surface area contributed by atoms with Crippen molar-refractivity contribution in [1.29, 1.82) is 10.5 Å². The lowest BCUT2D eigenvalue weighted by molar-refractivity contribution is -0.207. The number of nitriles is 2. The average molecular weight is 309 g/mol. The molecule has 5 nitrogen and oxygen atoms in total. The summed E-state index contributed by atoms with van der Waals surface area (Å²) in [7, 11) is 0. The molecule has 0 amide bonds. The topological polar surface area (TPSA) is 89.1 Å². The molecule has 0 fully saturated rings. The van der Waals surface area contributed by atoms with E-state index in [1.165, 1.54) is 18.2 Å². The van der Waals surface area contributed by atoms with E-state index in [4.69, 9.17) is 15.3 Å². The average Bonchev–Trinajstić information content (AvgIpc) is 2.47. The van der Waals surface area contributed by atoms with Crippen LogP contribution < -0.4 is 10.1 Å². The number of hydrogen-bond acceptors (Lipinski definition) is 5. The van der Waals surface area contributed by atoms with E-state index in [0.29, 0.717) is 5.69 Å². The Morgan fingerprint density at radius 1 is 1.36 bits per heavy atom. The van der Waals surface area contributed by atoms with Gasteiger partial charge in [-0.25, -0.2) is 0 Å². The van der Waals surface area contributed by atoms with Gasteiger partial charge in [0.1, 0.15) is 23.5 Å². The predicted molar refractivity (Wildman–Crippen MR) is 69.4 cm³/mol. The number of aliphatic hydroxyl groups is 1. The van der Waals surface area contributed by atoms with Crippen LogP contribution in [-0.4, -0.2) is 17.4 Å². The largest absolute Gasteiger partial charge is 0.480 e. The molecular formula is C14H10F3N3O2. The Labute approximate surface area is 123 Å². The number of ether oxygens (including phenoxy) is 1. The number of alkyl halides is 3. The van der Waals surface area contributed by atoms with Gasteiger partial charge in [-0.1, -0.05) is 0 Å². The number of benzene rings is 1. The van der Waals surface area contributed by atoms with Crippen molar-refractivity contribution in [3.05, 3.63) is 35.5 Å². The van der Waals surface area contributed by atoms with Gasteiger partial charge in [0.2, 0.25) is 0 Å². The van der Waals surface area contributed by atoms with Crippen molar-refractivity contribution in [3.63, 3.8) is 0 Å². The molecule has 2 atom stereocenters. The third kappa shape index (κ3) is 3.30.